The molecule has 1 aliphatic carbocycles. The molecule has 0 radical (unpaired) electrons. The van der Waals surface area contributed by atoms with Gasteiger partial charge in [-0.15, -0.1) is 34.2 Å². The molecule has 0 amide bonds. The van der Waals surface area contributed by atoms with E-state index in [9.17, 15) is 0 Å². The van der Waals surface area contributed by atoms with E-state index in [-0.39, 0.29) is 24.0 Å². The number of rotatable bonds is 11. The van der Waals surface area contributed by atoms with Gasteiger partial charge in [0.15, 0.2) is 11.1 Å². The van der Waals surface area contributed by atoms with Crippen molar-refractivity contribution in [2.45, 2.75) is 95.3 Å². The Kier molecular flexibility index (Phi) is 13.3. The van der Waals surface area contributed by atoms with Crippen LogP contribution >= 0.6 is 35.7 Å². The molecule has 1 unspecified atom stereocenters. The third-order valence-corrected chi connectivity index (χ3v) is 7.28. The Hall–Kier alpha value is -0.550. The first-order valence-electron chi connectivity index (χ1n) is 12.5. The molecule has 0 spiro atoms. The van der Waals surface area contributed by atoms with Crippen LogP contribution in [0.25, 0.3) is 0 Å². The largest absolute Gasteiger partial charge is 0.357 e. The van der Waals surface area contributed by atoms with E-state index >= 15 is 0 Å². The average Bonchev–Trinajstić information content (AvgIpc) is 3.44. The highest BCUT2D eigenvalue weighted by molar-refractivity contribution is 14.0. The second-order valence-electron chi connectivity index (χ2n) is 8.94. The van der Waals surface area contributed by atoms with Crippen molar-refractivity contribution in [3.63, 3.8) is 0 Å². The number of guanidine groups is 1. The summed E-state index contributed by atoms with van der Waals surface area (Å²) >= 11 is 1.71. The molecule has 2 heterocycles. The Morgan fingerprint density at radius 2 is 1.88 bits per heavy atom. The van der Waals surface area contributed by atoms with E-state index < -0.39 is 0 Å². The summed E-state index contributed by atoms with van der Waals surface area (Å²) in [5.74, 6) is 2.08. The van der Waals surface area contributed by atoms with E-state index in [2.05, 4.69) is 50.4 Å². The van der Waals surface area contributed by atoms with Gasteiger partial charge in [-0.25, -0.2) is 0 Å². The highest BCUT2D eigenvalue weighted by atomic mass is 127. The SMILES string of the molecule is CCNC(=NCCCc1nnc(SC)n1C1CCCC1)NCCCN1CCCCC1C.I. The van der Waals surface area contributed by atoms with Gasteiger partial charge in [-0.3, -0.25) is 4.99 Å². The number of aryl methyl sites for hydroxylation is 1. The van der Waals surface area contributed by atoms with Crippen molar-refractivity contribution in [2.24, 2.45) is 4.99 Å². The van der Waals surface area contributed by atoms with Crippen molar-refractivity contribution in [3.8, 4) is 0 Å². The van der Waals surface area contributed by atoms with Crippen LogP contribution in [-0.2, 0) is 6.42 Å². The predicted molar refractivity (Wildman–Crippen MR) is 147 cm³/mol. The smallest absolute Gasteiger partial charge is 0.191 e. The molecule has 0 aromatic carbocycles. The van der Waals surface area contributed by atoms with Crippen molar-refractivity contribution >= 4 is 41.7 Å². The maximum absolute atomic E-state index is 4.80. The fourth-order valence-electron chi connectivity index (χ4n) is 4.89. The van der Waals surface area contributed by atoms with E-state index in [1.54, 1.807) is 11.8 Å². The van der Waals surface area contributed by atoms with Crippen LogP contribution in [-0.4, -0.2) is 70.6 Å². The number of hydrogen-bond donors (Lipinski definition) is 2. The second kappa shape index (κ2) is 15.4. The van der Waals surface area contributed by atoms with E-state index in [0.29, 0.717) is 6.04 Å². The Balaban J connectivity index is 0.00000363. The van der Waals surface area contributed by atoms with Gasteiger partial charge in [0, 0.05) is 44.7 Å². The van der Waals surface area contributed by atoms with Gasteiger partial charge in [-0.1, -0.05) is 31.0 Å². The Bertz CT molecular complexity index is 675. The molecular weight excluding hydrogens is 533 g/mol. The van der Waals surface area contributed by atoms with Crippen molar-refractivity contribution in [3.05, 3.63) is 5.82 Å². The van der Waals surface area contributed by atoms with Gasteiger partial charge >= 0.3 is 0 Å². The molecule has 1 aromatic rings. The monoisotopic (exact) mass is 577 g/mol. The topological polar surface area (TPSA) is 70.4 Å². The van der Waals surface area contributed by atoms with Gasteiger partial charge in [0.2, 0.25) is 0 Å². The third kappa shape index (κ3) is 8.34. The molecule has 1 aliphatic heterocycles. The van der Waals surface area contributed by atoms with E-state index in [4.69, 9.17) is 4.99 Å². The minimum atomic E-state index is 0. The molecule has 3 rings (SSSR count). The minimum Gasteiger partial charge on any atom is -0.357 e. The van der Waals surface area contributed by atoms with Gasteiger partial charge in [0.05, 0.1) is 0 Å². The van der Waals surface area contributed by atoms with E-state index in [1.165, 1.54) is 58.0 Å². The van der Waals surface area contributed by atoms with Gasteiger partial charge in [-0.2, -0.15) is 0 Å². The standard InChI is InChI=1S/C23H43N7S.HI/c1-4-24-22(26-16-10-18-29-17-8-7-11-19(29)2)25-15-9-14-21-27-28-23(31-3)30(21)20-12-5-6-13-20;/h19-20H,4-18H2,1-3H3,(H2,24,25,26);1H. The molecule has 32 heavy (non-hydrogen) atoms. The number of halogens is 1. The molecule has 184 valence electrons. The Labute approximate surface area is 216 Å². The summed E-state index contributed by atoms with van der Waals surface area (Å²) in [4.78, 5) is 7.44. The van der Waals surface area contributed by atoms with Crippen molar-refractivity contribution in [1.82, 2.24) is 30.3 Å². The zero-order chi connectivity index (χ0) is 21.9. The summed E-state index contributed by atoms with van der Waals surface area (Å²) in [6.07, 6.45) is 14.5. The number of piperidine rings is 1. The molecule has 2 fully saturated rings. The van der Waals surface area contributed by atoms with Crippen LogP contribution < -0.4 is 10.6 Å². The maximum atomic E-state index is 4.80. The number of aromatic nitrogens is 3. The molecule has 1 atom stereocenters. The van der Waals surface area contributed by atoms with Crippen LogP contribution in [0.3, 0.4) is 0 Å². The van der Waals surface area contributed by atoms with Crippen molar-refractivity contribution in [1.29, 1.82) is 0 Å². The van der Waals surface area contributed by atoms with Crippen molar-refractivity contribution < 1.29 is 0 Å². The molecule has 2 aliphatic rings. The lowest BCUT2D eigenvalue weighted by Gasteiger charge is -2.33. The quantitative estimate of drug-likeness (QED) is 0.133. The first-order chi connectivity index (χ1) is 15.2. The minimum absolute atomic E-state index is 0. The van der Waals surface area contributed by atoms with Gasteiger partial charge in [-0.05, 0) is 65.2 Å². The highest BCUT2D eigenvalue weighted by Crippen LogP contribution is 2.33. The van der Waals surface area contributed by atoms with Crippen LogP contribution in [0.15, 0.2) is 10.1 Å². The van der Waals surface area contributed by atoms with E-state index in [0.717, 1.165) is 61.9 Å². The molecule has 2 N–H and O–H groups in total. The fraction of sp³-hybridized carbons (Fsp3) is 0.870. The maximum Gasteiger partial charge on any atom is 0.191 e. The summed E-state index contributed by atoms with van der Waals surface area (Å²) < 4.78 is 2.41. The summed E-state index contributed by atoms with van der Waals surface area (Å²) in [6.45, 7) is 9.62. The summed E-state index contributed by atoms with van der Waals surface area (Å²) in [5.41, 5.74) is 0. The second-order valence-corrected chi connectivity index (χ2v) is 9.71. The van der Waals surface area contributed by atoms with E-state index in [1.807, 2.05) is 0 Å². The van der Waals surface area contributed by atoms with Crippen LogP contribution in [0.5, 0.6) is 0 Å². The molecular formula is C23H44IN7S. The predicted octanol–water partition coefficient (Wildman–Crippen LogP) is 4.49. The van der Waals surface area contributed by atoms with Gasteiger partial charge < -0.3 is 20.1 Å². The number of aliphatic imine (C=N–C) groups is 1. The summed E-state index contributed by atoms with van der Waals surface area (Å²) in [7, 11) is 0. The molecule has 0 bridgehead atoms. The van der Waals surface area contributed by atoms with Gasteiger partial charge in [0.25, 0.3) is 0 Å². The third-order valence-electron chi connectivity index (χ3n) is 6.64. The van der Waals surface area contributed by atoms with Crippen LogP contribution in [0.1, 0.15) is 83.5 Å². The molecule has 1 saturated heterocycles. The number of likely N-dealkylation sites (tertiary alicyclic amines) is 1. The number of nitrogens with one attached hydrogen (secondary N) is 2. The molecule has 7 nitrogen and oxygen atoms in total. The zero-order valence-corrected chi connectivity index (χ0v) is 23.5. The molecule has 9 heteroatoms. The lowest BCUT2D eigenvalue weighted by Crippen LogP contribution is -2.41. The number of hydrogen-bond acceptors (Lipinski definition) is 5. The normalized spacial score (nSPS) is 20.3. The van der Waals surface area contributed by atoms with Crippen LogP contribution in [0, 0.1) is 0 Å². The van der Waals surface area contributed by atoms with Crippen LogP contribution in [0.4, 0.5) is 0 Å². The highest BCUT2D eigenvalue weighted by Gasteiger charge is 2.23. The first-order valence-corrected chi connectivity index (χ1v) is 13.7. The molecule has 1 saturated carbocycles. The number of nitrogens with zero attached hydrogens (tertiary/aromatic N) is 5. The zero-order valence-electron chi connectivity index (χ0n) is 20.3. The fourth-order valence-corrected chi connectivity index (χ4v) is 5.47. The Morgan fingerprint density at radius 1 is 1.09 bits per heavy atom. The lowest BCUT2D eigenvalue weighted by molar-refractivity contribution is 0.159. The van der Waals surface area contributed by atoms with Gasteiger partial charge in [0.1, 0.15) is 5.82 Å². The molecule has 1 aromatic heterocycles. The summed E-state index contributed by atoms with van der Waals surface area (Å²) in [6, 6.07) is 1.34. The van der Waals surface area contributed by atoms with Crippen LogP contribution in [0.2, 0.25) is 0 Å². The summed E-state index contributed by atoms with van der Waals surface area (Å²) in [5, 5.41) is 16.9. The average molecular weight is 578 g/mol. The Morgan fingerprint density at radius 3 is 2.59 bits per heavy atom. The number of thioether (sulfide) groups is 1. The lowest BCUT2D eigenvalue weighted by atomic mass is 10.0. The first kappa shape index (κ1) is 27.7. The van der Waals surface area contributed by atoms with Crippen molar-refractivity contribution in [2.75, 3.05) is 39.0 Å².